The van der Waals surface area contributed by atoms with E-state index in [-0.39, 0.29) is 10.8 Å². The predicted octanol–water partition coefficient (Wildman–Crippen LogP) is 3.68. The molecule has 2 heterocycles. The molecule has 1 saturated heterocycles. The van der Waals surface area contributed by atoms with Crippen LogP contribution in [0.5, 0.6) is 0 Å². The maximum Gasteiger partial charge on any atom is 0.255 e. The second-order valence-electron chi connectivity index (χ2n) is 6.90. The van der Waals surface area contributed by atoms with Crippen molar-refractivity contribution in [3.63, 3.8) is 0 Å². The van der Waals surface area contributed by atoms with Crippen molar-refractivity contribution in [1.29, 1.82) is 0 Å². The minimum Gasteiger partial charge on any atom is -0.379 e. The standard InChI is InChI=1S/C22H20ClN3O4S/c23-20-9-6-17(15-19(20)21-3-1-2-10-24-21)25-22(27)16-4-7-18(8-5-16)31(28,29)26-11-13-30-14-12-26/h1-10,15H,11-14H2,(H,25,27). The predicted molar refractivity (Wildman–Crippen MR) is 119 cm³/mol. The number of rotatable bonds is 5. The molecule has 1 fully saturated rings. The summed E-state index contributed by atoms with van der Waals surface area (Å²) in [5.41, 5.74) is 2.30. The number of pyridine rings is 1. The number of ether oxygens (including phenoxy) is 1. The van der Waals surface area contributed by atoms with Crippen LogP contribution in [0.25, 0.3) is 11.3 Å². The summed E-state index contributed by atoms with van der Waals surface area (Å²) in [7, 11) is -3.60. The summed E-state index contributed by atoms with van der Waals surface area (Å²) < 4.78 is 32.0. The van der Waals surface area contributed by atoms with Gasteiger partial charge in [0, 0.05) is 36.1 Å². The Hall–Kier alpha value is -2.78. The molecule has 0 spiro atoms. The third-order valence-electron chi connectivity index (χ3n) is 4.89. The first-order chi connectivity index (χ1) is 14.9. The highest BCUT2D eigenvalue weighted by molar-refractivity contribution is 7.89. The summed E-state index contributed by atoms with van der Waals surface area (Å²) >= 11 is 6.29. The van der Waals surface area contributed by atoms with E-state index in [0.717, 1.165) is 0 Å². The van der Waals surface area contributed by atoms with Crippen molar-refractivity contribution in [3.05, 3.63) is 77.4 Å². The Bertz CT molecular complexity index is 1180. The summed E-state index contributed by atoms with van der Waals surface area (Å²) in [6, 6.07) is 16.5. The van der Waals surface area contributed by atoms with E-state index < -0.39 is 10.0 Å². The van der Waals surface area contributed by atoms with Crippen molar-refractivity contribution >= 4 is 33.2 Å². The molecule has 0 unspecified atom stereocenters. The van der Waals surface area contributed by atoms with Gasteiger partial charge in [-0.15, -0.1) is 0 Å². The minimum atomic E-state index is -3.60. The fourth-order valence-corrected chi connectivity index (χ4v) is 4.86. The van der Waals surface area contributed by atoms with Crippen LogP contribution in [0, 0.1) is 0 Å². The largest absolute Gasteiger partial charge is 0.379 e. The first kappa shape index (κ1) is 21.5. The average Bonchev–Trinajstić information content (AvgIpc) is 2.81. The molecule has 0 bridgehead atoms. The van der Waals surface area contributed by atoms with Gasteiger partial charge < -0.3 is 10.1 Å². The fraction of sp³-hybridized carbons (Fsp3) is 0.182. The van der Waals surface area contributed by atoms with E-state index in [9.17, 15) is 13.2 Å². The molecule has 1 N–H and O–H groups in total. The van der Waals surface area contributed by atoms with Gasteiger partial charge in [-0.2, -0.15) is 4.31 Å². The van der Waals surface area contributed by atoms with Crippen molar-refractivity contribution in [2.24, 2.45) is 0 Å². The number of hydrogen-bond donors (Lipinski definition) is 1. The molecule has 1 aliphatic rings. The normalized spacial score (nSPS) is 14.9. The van der Waals surface area contributed by atoms with Gasteiger partial charge in [-0.05, 0) is 54.6 Å². The number of aromatic nitrogens is 1. The lowest BCUT2D eigenvalue weighted by Gasteiger charge is -2.26. The van der Waals surface area contributed by atoms with Crippen LogP contribution in [-0.4, -0.2) is 49.9 Å². The summed E-state index contributed by atoms with van der Waals surface area (Å²) in [5, 5.41) is 3.34. The Balaban J connectivity index is 1.51. The third-order valence-corrected chi connectivity index (χ3v) is 7.13. The zero-order valence-corrected chi connectivity index (χ0v) is 18.1. The van der Waals surface area contributed by atoms with E-state index in [1.54, 1.807) is 24.4 Å². The van der Waals surface area contributed by atoms with Gasteiger partial charge in [0.1, 0.15) is 0 Å². The number of benzene rings is 2. The Morgan fingerprint density at radius 1 is 1.03 bits per heavy atom. The molecule has 2 aromatic carbocycles. The van der Waals surface area contributed by atoms with Crippen molar-refractivity contribution in [2.75, 3.05) is 31.6 Å². The number of hydrogen-bond acceptors (Lipinski definition) is 5. The van der Waals surface area contributed by atoms with Crippen LogP contribution in [0.2, 0.25) is 5.02 Å². The molecule has 1 aromatic heterocycles. The van der Waals surface area contributed by atoms with Gasteiger partial charge in [0.2, 0.25) is 10.0 Å². The molecule has 9 heteroatoms. The van der Waals surface area contributed by atoms with E-state index in [0.29, 0.717) is 53.8 Å². The third kappa shape index (κ3) is 4.77. The zero-order chi connectivity index (χ0) is 21.8. The second-order valence-corrected chi connectivity index (χ2v) is 9.25. The lowest BCUT2D eigenvalue weighted by Crippen LogP contribution is -2.40. The van der Waals surface area contributed by atoms with E-state index in [2.05, 4.69) is 10.3 Å². The Morgan fingerprint density at radius 3 is 2.45 bits per heavy atom. The van der Waals surface area contributed by atoms with Gasteiger partial charge in [-0.25, -0.2) is 8.42 Å². The summed E-state index contributed by atoms with van der Waals surface area (Å²) in [6.45, 7) is 1.39. The molecule has 0 radical (unpaired) electrons. The van der Waals surface area contributed by atoms with Gasteiger partial charge in [0.15, 0.2) is 0 Å². The van der Waals surface area contributed by atoms with Crippen LogP contribution in [0.1, 0.15) is 10.4 Å². The van der Waals surface area contributed by atoms with Crippen LogP contribution in [0.15, 0.2) is 71.8 Å². The smallest absolute Gasteiger partial charge is 0.255 e. The second kappa shape index (κ2) is 9.15. The van der Waals surface area contributed by atoms with Crippen LogP contribution in [0.4, 0.5) is 5.69 Å². The van der Waals surface area contributed by atoms with Crippen LogP contribution >= 0.6 is 11.6 Å². The number of halogens is 1. The quantitative estimate of drug-likeness (QED) is 0.631. The molecule has 0 saturated carbocycles. The van der Waals surface area contributed by atoms with E-state index in [1.165, 1.54) is 28.6 Å². The molecule has 160 valence electrons. The number of carbonyl (C=O) groups excluding carboxylic acids is 1. The first-order valence-electron chi connectivity index (χ1n) is 9.65. The van der Waals surface area contributed by atoms with Gasteiger partial charge in [0.25, 0.3) is 5.91 Å². The van der Waals surface area contributed by atoms with Gasteiger partial charge in [-0.3, -0.25) is 9.78 Å². The summed E-state index contributed by atoms with van der Waals surface area (Å²) in [4.78, 5) is 17.1. The molecular weight excluding hydrogens is 438 g/mol. The summed E-state index contributed by atoms with van der Waals surface area (Å²) in [5.74, 6) is -0.357. The number of carbonyl (C=O) groups is 1. The molecule has 0 atom stereocenters. The van der Waals surface area contributed by atoms with Crippen LogP contribution in [0.3, 0.4) is 0 Å². The van der Waals surface area contributed by atoms with E-state index in [1.807, 2.05) is 18.2 Å². The minimum absolute atomic E-state index is 0.148. The highest BCUT2D eigenvalue weighted by atomic mass is 35.5. The van der Waals surface area contributed by atoms with Crippen molar-refractivity contribution < 1.29 is 17.9 Å². The van der Waals surface area contributed by atoms with Gasteiger partial charge in [0.05, 0.1) is 28.8 Å². The van der Waals surface area contributed by atoms with E-state index >= 15 is 0 Å². The number of sulfonamides is 1. The lowest BCUT2D eigenvalue weighted by molar-refractivity contribution is 0.0730. The zero-order valence-electron chi connectivity index (χ0n) is 16.5. The van der Waals surface area contributed by atoms with Gasteiger partial charge in [-0.1, -0.05) is 17.7 Å². The Kier molecular flexibility index (Phi) is 6.33. The SMILES string of the molecule is O=C(Nc1ccc(Cl)c(-c2ccccn2)c1)c1ccc(S(=O)(=O)N2CCOCC2)cc1. The molecular formula is C22H20ClN3O4S. The maximum absolute atomic E-state index is 12.7. The van der Waals surface area contributed by atoms with Crippen LogP contribution < -0.4 is 5.32 Å². The van der Waals surface area contributed by atoms with Crippen molar-refractivity contribution in [3.8, 4) is 11.3 Å². The average molecular weight is 458 g/mol. The Labute approximate surface area is 185 Å². The highest BCUT2D eigenvalue weighted by Crippen LogP contribution is 2.29. The number of amides is 1. The molecule has 0 aliphatic carbocycles. The highest BCUT2D eigenvalue weighted by Gasteiger charge is 2.26. The molecule has 1 aliphatic heterocycles. The number of nitrogens with zero attached hydrogens (tertiary/aromatic N) is 2. The fourth-order valence-electron chi connectivity index (χ4n) is 3.24. The molecule has 4 rings (SSSR count). The lowest BCUT2D eigenvalue weighted by atomic mass is 10.1. The number of nitrogens with one attached hydrogen (secondary N) is 1. The van der Waals surface area contributed by atoms with Crippen LogP contribution in [-0.2, 0) is 14.8 Å². The maximum atomic E-state index is 12.7. The molecule has 1 amide bonds. The van der Waals surface area contributed by atoms with E-state index in [4.69, 9.17) is 16.3 Å². The number of morpholine rings is 1. The molecule has 7 nitrogen and oxygen atoms in total. The summed E-state index contributed by atoms with van der Waals surface area (Å²) in [6.07, 6.45) is 1.67. The number of anilines is 1. The van der Waals surface area contributed by atoms with Gasteiger partial charge >= 0.3 is 0 Å². The van der Waals surface area contributed by atoms with Crippen molar-refractivity contribution in [2.45, 2.75) is 4.90 Å². The topological polar surface area (TPSA) is 88.6 Å². The first-order valence-corrected chi connectivity index (χ1v) is 11.5. The van der Waals surface area contributed by atoms with Crippen molar-refractivity contribution in [1.82, 2.24) is 9.29 Å². The Morgan fingerprint density at radius 2 is 1.77 bits per heavy atom. The monoisotopic (exact) mass is 457 g/mol. The molecule has 3 aromatic rings. The molecule has 31 heavy (non-hydrogen) atoms.